The molecule has 0 bridgehead atoms. The summed E-state index contributed by atoms with van der Waals surface area (Å²) in [6.45, 7) is 5.84. The molecule has 0 aliphatic rings. The van der Waals surface area contributed by atoms with E-state index in [-0.39, 0.29) is 5.91 Å². The summed E-state index contributed by atoms with van der Waals surface area (Å²) in [4.78, 5) is 13.8. The largest absolute Gasteiger partial charge is 0.494 e. The number of rotatable bonds is 6. The third-order valence-electron chi connectivity index (χ3n) is 2.75. The molecule has 0 saturated carbocycles. The molecule has 1 amide bonds. The highest BCUT2D eigenvalue weighted by Gasteiger charge is 2.13. The van der Waals surface area contributed by atoms with Gasteiger partial charge < -0.3 is 15.4 Å². The Bertz CT molecular complexity index is 376. The second-order valence-electron chi connectivity index (χ2n) is 4.48. The van der Waals surface area contributed by atoms with Crippen LogP contribution in [0.2, 0.25) is 0 Å². The lowest BCUT2D eigenvalue weighted by Gasteiger charge is -2.20. The van der Waals surface area contributed by atoms with Gasteiger partial charge >= 0.3 is 0 Å². The molecule has 1 aromatic carbocycles. The smallest absolute Gasteiger partial charge is 0.253 e. The second kappa shape index (κ2) is 7.01. The highest BCUT2D eigenvalue weighted by molar-refractivity contribution is 5.94. The molecule has 0 aliphatic heterocycles. The van der Waals surface area contributed by atoms with Crippen molar-refractivity contribution in [2.75, 3.05) is 26.7 Å². The molecular formula is C14H22N2O2. The highest BCUT2D eigenvalue weighted by Crippen LogP contribution is 2.13. The molecule has 0 aromatic heterocycles. The minimum atomic E-state index is 0.0124. The molecule has 0 saturated heterocycles. The van der Waals surface area contributed by atoms with Crippen LogP contribution in [-0.2, 0) is 0 Å². The van der Waals surface area contributed by atoms with Crippen molar-refractivity contribution in [2.45, 2.75) is 13.8 Å². The Hall–Kier alpha value is -1.55. The van der Waals surface area contributed by atoms with Crippen molar-refractivity contribution >= 4 is 5.91 Å². The Balaban J connectivity index is 2.65. The number of benzene rings is 1. The van der Waals surface area contributed by atoms with Crippen molar-refractivity contribution < 1.29 is 9.53 Å². The number of nitrogens with zero attached hydrogens (tertiary/aromatic N) is 1. The molecule has 0 radical (unpaired) electrons. The van der Waals surface area contributed by atoms with Gasteiger partial charge in [-0.15, -0.1) is 0 Å². The minimum Gasteiger partial charge on any atom is -0.494 e. The van der Waals surface area contributed by atoms with Crippen molar-refractivity contribution in [1.82, 2.24) is 4.90 Å². The van der Waals surface area contributed by atoms with E-state index < -0.39 is 0 Å². The van der Waals surface area contributed by atoms with E-state index >= 15 is 0 Å². The van der Waals surface area contributed by atoms with Crippen molar-refractivity contribution in [1.29, 1.82) is 0 Å². The van der Waals surface area contributed by atoms with E-state index in [0.29, 0.717) is 31.2 Å². The fourth-order valence-corrected chi connectivity index (χ4v) is 1.71. The topological polar surface area (TPSA) is 55.6 Å². The van der Waals surface area contributed by atoms with Crippen LogP contribution in [0.1, 0.15) is 24.2 Å². The number of carbonyl (C=O) groups is 1. The summed E-state index contributed by atoms with van der Waals surface area (Å²) < 4.78 is 5.34. The zero-order chi connectivity index (χ0) is 13.5. The lowest BCUT2D eigenvalue weighted by atomic mass is 10.1. The Morgan fingerprint density at radius 2 is 2.00 bits per heavy atom. The van der Waals surface area contributed by atoms with Crippen molar-refractivity contribution in [3.05, 3.63) is 29.8 Å². The lowest BCUT2D eigenvalue weighted by molar-refractivity contribution is 0.0777. The van der Waals surface area contributed by atoms with Crippen LogP contribution in [0.4, 0.5) is 0 Å². The Kier molecular flexibility index (Phi) is 5.65. The van der Waals surface area contributed by atoms with E-state index in [2.05, 4.69) is 0 Å². The van der Waals surface area contributed by atoms with Crippen LogP contribution in [0.25, 0.3) is 0 Å². The summed E-state index contributed by atoms with van der Waals surface area (Å²) in [5.41, 5.74) is 6.23. The molecule has 2 N–H and O–H groups in total. The van der Waals surface area contributed by atoms with Gasteiger partial charge in [0.2, 0.25) is 0 Å². The predicted molar refractivity (Wildman–Crippen MR) is 72.8 cm³/mol. The van der Waals surface area contributed by atoms with Crippen LogP contribution in [0, 0.1) is 5.92 Å². The van der Waals surface area contributed by atoms with Crippen LogP contribution in [0.5, 0.6) is 5.75 Å². The van der Waals surface area contributed by atoms with E-state index in [4.69, 9.17) is 10.5 Å². The van der Waals surface area contributed by atoms with Gasteiger partial charge in [0.25, 0.3) is 5.91 Å². The minimum absolute atomic E-state index is 0.0124. The normalized spacial score (nSPS) is 12.0. The molecule has 1 unspecified atom stereocenters. The van der Waals surface area contributed by atoms with E-state index in [1.807, 2.05) is 26.0 Å². The maximum Gasteiger partial charge on any atom is 0.253 e. The zero-order valence-corrected chi connectivity index (χ0v) is 11.3. The fourth-order valence-electron chi connectivity index (χ4n) is 1.71. The van der Waals surface area contributed by atoms with Crippen LogP contribution >= 0.6 is 0 Å². The summed E-state index contributed by atoms with van der Waals surface area (Å²) in [6, 6.07) is 7.21. The first kappa shape index (κ1) is 14.5. The van der Waals surface area contributed by atoms with Crippen molar-refractivity contribution in [3.63, 3.8) is 0 Å². The molecule has 1 rings (SSSR count). The zero-order valence-electron chi connectivity index (χ0n) is 11.3. The van der Waals surface area contributed by atoms with Gasteiger partial charge in [-0.2, -0.15) is 0 Å². The monoisotopic (exact) mass is 250 g/mol. The molecule has 0 heterocycles. The second-order valence-corrected chi connectivity index (χ2v) is 4.48. The van der Waals surface area contributed by atoms with E-state index in [9.17, 15) is 4.79 Å². The quantitative estimate of drug-likeness (QED) is 0.837. The molecule has 0 aliphatic carbocycles. The average Bonchev–Trinajstić information content (AvgIpc) is 2.39. The Morgan fingerprint density at radius 1 is 1.39 bits per heavy atom. The predicted octanol–water partition coefficient (Wildman–Crippen LogP) is 1.75. The summed E-state index contributed by atoms with van der Waals surface area (Å²) in [6.07, 6.45) is 0. The van der Waals surface area contributed by atoms with Gasteiger partial charge in [0.05, 0.1) is 6.61 Å². The standard InChI is InChI=1S/C14H22N2O2/c1-4-18-13-7-5-12(6-8-13)14(17)16(3)10-11(2)9-15/h5-8,11H,4,9-10,15H2,1-3H3. The lowest BCUT2D eigenvalue weighted by Crippen LogP contribution is -2.33. The van der Waals surface area contributed by atoms with Gasteiger partial charge in [0.15, 0.2) is 0 Å². The molecule has 4 nitrogen and oxygen atoms in total. The summed E-state index contributed by atoms with van der Waals surface area (Å²) in [7, 11) is 1.80. The summed E-state index contributed by atoms with van der Waals surface area (Å²) in [5, 5.41) is 0. The van der Waals surface area contributed by atoms with Crippen LogP contribution in [0.15, 0.2) is 24.3 Å². The summed E-state index contributed by atoms with van der Waals surface area (Å²) in [5.74, 6) is 1.10. The molecule has 0 fully saturated rings. The molecular weight excluding hydrogens is 228 g/mol. The highest BCUT2D eigenvalue weighted by atomic mass is 16.5. The molecule has 0 spiro atoms. The average molecular weight is 250 g/mol. The first-order valence-corrected chi connectivity index (χ1v) is 6.26. The van der Waals surface area contributed by atoms with Gasteiger partial charge in [-0.05, 0) is 43.7 Å². The third kappa shape index (κ3) is 4.04. The number of ether oxygens (including phenoxy) is 1. The molecule has 1 atom stereocenters. The Labute approximate surface area is 109 Å². The summed E-state index contributed by atoms with van der Waals surface area (Å²) >= 11 is 0. The number of amides is 1. The van der Waals surface area contributed by atoms with Gasteiger partial charge in [0.1, 0.15) is 5.75 Å². The van der Waals surface area contributed by atoms with Gasteiger partial charge in [-0.25, -0.2) is 0 Å². The fraction of sp³-hybridized carbons (Fsp3) is 0.500. The number of carbonyl (C=O) groups excluding carboxylic acids is 1. The molecule has 18 heavy (non-hydrogen) atoms. The molecule has 4 heteroatoms. The Morgan fingerprint density at radius 3 is 2.50 bits per heavy atom. The van der Waals surface area contributed by atoms with Crippen molar-refractivity contribution in [3.8, 4) is 5.75 Å². The first-order valence-electron chi connectivity index (χ1n) is 6.26. The van der Waals surface area contributed by atoms with E-state index in [1.165, 1.54) is 0 Å². The van der Waals surface area contributed by atoms with Crippen LogP contribution in [-0.4, -0.2) is 37.6 Å². The third-order valence-corrected chi connectivity index (χ3v) is 2.75. The van der Waals surface area contributed by atoms with Crippen molar-refractivity contribution in [2.24, 2.45) is 11.7 Å². The molecule has 100 valence electrons. The van der Waals surface area contributed by atoms with E-state index in [0.717, 1.165) is 5.75 Å². The number of hydrogen-bond donors (Lipinski definition) is 1. The van der Waals surface area contributed by atoms with Crippen LogP contribution < -0.4 is 10.5 Å². The maximum atomic E-state index is 12.1. The van der Waals surface area contributed by atoms with Crippen LogP contribution in [0.3, 0.4) is 0 Å². The van der Waals surface area contributed by atoms with E-state index in [1.54, 1.807) is 24.1 Å². The SMILES string of the molecule is CCOc1ccc(C(=O)N(C)CC(C)CN)cc1. The maximum absolute atomic E-state index is 12.1. The number of nitrogens with two attached hydrogens (primary N) is 1. The van der Waals surface area contributed by atoms with Gasteiger partial charge in [0, 0.05) is 19.2 Å². The molecule has 1 aromatic rings. The number of hydrogen-bond acceptors (Lipinski definition) is 3. The first-order chi connectivity index (χ1) is 8.58. The van der Waals surface area contributed by atoms with Gasteiger partial charge in [-0.3, -0.25) is 4.79 Å². The van der Waals surface area contributed by atoms with Gasteiger partial charge in [-0.1, -0.05) is 6.92 Å².